The summed E-state index contributed by atoms with van der Waals surface area (Å²) < 4.78 is 0. The summed E-state index contributed by atoms with van der Waals surface area (Å²) in [6.07, 6.45) is 3.26. The maximum absolute atomic E-state index is 2.62. The average Bonchev–Trinajstić information content (AvgIpc) is 3.09. The van der Waals surface area contributed by atoms with Crippen molar-refractivity contribution in [3.8, 4) is 0 Å². The molecule has 4 aromatic rings. The molecule has 0 unspecified atom stereocenters. The number of benzene rings is 4. The Morgan fingerprint density at radius 2 is 0.565 bits per heavy atom. The van der Waals surface area contributed by atoms with Gasteiger partial charge in [-0.15, -0.1) is 0 Å². The molecule has 0 N–H and O–H groups in total. The molecule has 342 valence electrons. The van der Waals surface area contributed by atoms with Crippen molar-refractivity contribution in [2.75, 3.05) is 0 Å². The molecule has 0 bridgehead atoms. The Morgan fingerprint density at radius 3 is 0.806 bits per heavy atom. The standard InChI is InChI=1S/C62H94/c1-26-27-36-62(47-34-30-43(56(8,9)10)39-51(47)60(20,21)22,48-35-31-44(57(11,12)13)40-52(48)61(23,24)25)53(45-32-28-41(54(2,3)4)37-49(45)58(14,15)16)46-33-29-42(55(5,6)7)38-50(46)59(17,18)19/h28-35,37-40,53H,26-27,36H2,1-25H3. The summed E-state index contributed by atoms with van der Waals surface area (Å²) in [4.78, 5) is 0. The molecule has 0 heterocycles. The lowest BCUT2D eigenvalue weighted by Gasteiger charge is -2.50. The van der Waals surface area contributed by atoms with E-state index < -0.39 is 5.41 Å². The van der Waals surface area contributed by atoms with Crippen LogP contribution in [0.2, 0.25) is 0 Å². The van der Waals surface area contributed by atoms with Crippen LogP contribution in [0, 0.1) is 0 Å². The van der Waals surface area contributed by atoms with Gasteiger partial charge in [-0.25, -0.2) is 0 Å². The monoisotopic (exact) mass is 839 g/mol. The molecule has 0 radical (unpaired) electrons. The quantitative estimate of drug-likeness (QED) is 0.166. The van der Waals surface area contributed by atoms with Crippen molar-refractivity contribution in [3.05, 3.63) is 140 Å². The van der Waals surface area contributed by atoms with Gasteiger partial charge >= 0.3 is 0 Å². The van der Waals surface area contributed by atoms with E-state index in [1.54, 1.807) is 0 Å². The van der Waals surface area contributed by atoms with Gasteiger partial charge in [0.2, 0.25) is 0 Å². The summed E-state index contributed by atoms with van der Waals surface area (Å²) in [7, 11) is 0. The zero-order valence-electron chi connectivity index (χ0n) is 45.1. The fourth-order valence-corrected chi connectivity index (χ4v) is 9.91. The van der Waals surface area contributed by atoms with E-state index in [1.807, 2.05) is 0 Å². The second-order valence-corrected chi connectivity index (χ2v) is 27.6. The van der Waals surface area contributed by atoms with Crippen molar-refractivity contribution in [1.82, 2.24) is 0 Å². The SMILES string of the molecule is CCCCC(c1ccc(C(C)(C)C)cc1C(C)(C)C)(c1ccc(C(C)(C)C)cc1C(C)(C)C)C(c1ccc(C(C)(C)C)cc1C(C)(C)C)c1ccc(C(C)(C)C)cc1C(C)(C)C. The van der Waals surface area contributed by atoms with Crippen LogP contribution in [0.1, 0.15) is 265 Å². The minimum atomic E-state index is -0.444. The van der Waals surface area contributed by atoms with Crippen LogP contribution < -0.4 is 0 Å². The first kappa shape index (κ1) is 51.5. The van der Waals surface area contributed by atoms with Gasteiger partial charge < -0.3 is 0 Å². The zero-order chi connectivity index (χ0) is 47.6. The Balaban J connectivity index is 2.60. The maximum atomic E-state index is 2.62. The third kappa shape index (κ3) is 10.9. The summed E-state index contributed by atoms with van der Waals surface area (Å²) in [5.74, 6) is 0.00344. The van der Waals surface area contributed by atoms with E-state index in [0.29, 0.717) is 0 Å². The van der Waals surface area contributed by atoms with Crippen LogP contribution in [0.3, 0.4) is 0 Å². The molecule has 0 aliphatic rings. The predicted molar refractivity (Wildman–Crippen MR) is 278 cm³/mol. The summed E-state index contributed by atoms with van der Waals surface area (Å²) in [5, 5.41) is 0. The number of hydrogen-bond acceptors (Lipinski definition) is 0. The summed E-state index contributed by atoms with van der Waals surface area (Å²) in [6, 6.07) is 30.9. The van der Waals surface area contributed by atoms with Gasteiger partial charge in [-0.05, 0) is 117 Å². The Bertz CT molecular complexity index is 2020. The number of hydrogen-bond donors (Lipinski definition) is 0. The minimum Gasteiger partial charge on any atom is -0.0654 e. The minimum absolute atomic E-state index is 0.00344. The van der Waals surface area contributed by atoms with Crippen LogP contribution in [0.25, 0.3) is 0 Å². The Morgan fingerprint density at radius 1 is 0.306 bits per heavy atom. The van der Waals surface area contributed by atoms with E-state index >= 15 is 0 Å². The first-order valence-corrected chi connectivity index (χ1v) is 24.4. The van der Waals surface area contributed by atoms with Crippen LogP contribution in [-0.2, 0) is 48.7 Å². The van der Waals surface area contributed by atoms with Gasteiger partial charge in [-0.1, -0.05) is 259 Å². The molecule has 0 saturated heterocycles. The Labute approximate surface area is 384 Å². The molecular weight excluding hydrogens is 745 g/mol. The molecule has 0 heteroatoms. The van der Waals surface area contributed by atoms with Gasteiger partial charge in [0.05, 0.1) is 0 Å². The second-order valence-electron chi connectivity index (χ2n) is 27.6. The molecule has 0 saturated carbocycles. The highest BCUT2D eigenvalue weighted by Crippen LogP contribution is 2.59. The van der Waals surface area contributed by atoms with Crippen molar-refractivity contribution in [1.29, 1.82) is 0 Å². The Kier molecular flexibility index (Phi) is 14.1. The van der Waals surface area contributed by atoms with Gasteiger partial charge in [-0.3, -0.25) is 0 Å². The Hall–Kier alpha value is -3.12. The van der Waals surface area contributed by atoms with Crippen molar-refractivity contribution in [2.45, 2.75) is 247 Å². The van der Waals surface area contributed by atoms with E-state index in [2.05, 4.69) is 246 Å². The van der Waals surface area contributed by atoms with Crippen molar-refractivity contribution in [3.63, 3.8) is 0 Å². The van der Waals surface area contributed by atoms with Gasteiger partial charge in [0.15, 0.2) is 0 Å². The van der Waals surface area contributed by atoms with Crippen LogP contribution in [0.5, 0.6) is 0 Å². The third-order valence-electron chi connectivity index (χ3n) is 13.8. The summed E-state index contributed by atoms with van der Waals surface area (Å²) in [5.41, 5.74) is 16.6. The zero-order valence-corrected chi connectivity index (χ0v) is 45.1. The highest BCUT2D eigenvalue weighted by Gasteiger charge is 2.50. The third-order valence-corrected chi connectivity index (χ3v) is 13.8. The molecule has 0 aromatic heterocycles. The molecule has 62 heavy (non-hydrogen) atoms. The molecule has 0 spiro atoms. The lowest BCUT2D eigenvalue weighted by Crippen LogP contribution is -2.42. The van der Waals surface area contributed by atoms with Crippen molar-refractivity contribution in [2.24, 2.45) is 0 Å². The van der Waals surface area contributed by atoms with Crippen LogP contribution in [0.4, 0.5) is 0 Å². The van der Waals surface area contributed by atoms with E-state index in [-0.39, 0.29) is 49.2 Å². The highest BCUT2D eigenvalue weighted by molar-refractivity contribution is 5.62. The molecular formula is C62H94. The van der Waals surface area contributed by atoms with Crippen molar-refractivity contribution >= 4 is 0 Å². The lowest BCUT2D eigenvalue weighted by atomic mass is 9.53. The van der Waals surface area contributed by atoms with Crippen LogP contribution in [0.15, 0.2) is 72.8 Å². The largest absolute Gasteiger partial charge is 0.0654 e. The normalized spacial score (nSPS) is 14.2. The topological polar surface area (TPSA) is 0 Å². The van der Waals surface area contributed by atoms with Gasteiger partial charge in [0.25, 0.3) is 0 Å². The average molecular weight is 839 g/mol. The predicted octanol–water partition coefficient (Wildman–Crippen LogP) is 18.4. The molecule has 4 rings (SSSR count). The fraction of sp³-hybridized carbons (Fsp3) is 0.613. The maximum Gasteiger partial charge on any atom is 0.0317 e. The summed E-state index contributed by atoms with van der Waals surface area (Å²) >= 11 is 0. The molecule has 4 aromatic carbocycles. The molecule has 0 aliphatic carbocycles. The smallest absolute Gasteiger partial charge is 0.0317 e. The second kappa shape index (κ2) is 17.0. The molecule has 0 nitrogen and oxygen atoms in total. The number of rotatable bonds is 8. The van der Waals surface area contributed by atoms with Gasteiger partial charge in [0, 0.05) is 11.3 Å². The summed E-state index contributed by atoms with van der Waals surface area (Å²) in [6.45, 7) is 60.4. The molecule has 0 amide bonds. The van der Waals surface area contributed by atoms with E-state index in [0.717, 1.165) is 19.3 Å². The van der Waals surface area contributed by atoms with Gasteiger partial charge in [-0.2, -0.15) is 0 Å². The molecule has 0 atom stereocenters. The highest BCUT2D eigenvalue weighted by atomic mass is 14.5. The van der Waals surface area contributed by atoms with E-state index in [9.17, 15) is 0 Å². The fourth-order valence-electron chi connectivity index (χ4n) is 9.91. The number of unbranched alkanes of at least 4 members (excludes halogenated alkanes) is 1. The van der Waals surface area contributed by atoms with Gasteiger partial charge in [0.1, 0.15) is 0 Å². The van der Waals surface area contributed by atoms with Crippen LogP contribution >= 0.6 is 0 Å². The van der Waals surface area contributed by atoms with Crippen LogP contribution in [-0.4, -0.2) is 0 Å². The lowest BCUT2D eigenvalue weighted by molar-refractivity contribution is 0.374. The first-order chi connectivity index (χ1) is 27.8. The molecule has 0 fully saturated rings. The van der Waals surface area contributed by atoms with E-state index in [4.69, 9.17) is 0 Å². The van der Waals surface area contributed by atoms with Crippen molar-refractivity contribution < 1.29 is 0 Å². The first-order valence-electron chi connectivity index (χ1n) is 24.4. The van der Waals surface area contributed by atoms with E-state index in [1.165, 1.54) is 66.8 Å². The molecule has 0 aliphatic heterocycles.